The summed E-state index contributed by atoms with van der Waals surface area (Å²) in [7, 11) is 4.07. The van der Waals surface area contributed by atoms with E-state index in [9.17, 15) is 4.79 Å². The summed E-state index contributed by atoms with van der Waals surface area (Å²) in [6, 6.07) is 17.3. The van der Waals surface area contributed by atoms with Gasteiger partial charge in [0, 0.05) is 18.3 Å². The summed E-state index contributed by atoms with van der Waals surface area (Å²) < 4.78 is 5.44. The van der Waals surface area contributed by atoms with E-state index >= 15 is 0 Å². The molecule has 1 unspecified atom stereocenters. The molecule has 0 bridgehead atoms. The molecule has 0 aliphatic carbocycles. The molecule has 1 amide bonds. The predicted molar refractivity (Wildman–Crippen MR) is 96.8 cm³/mol. The number of benzene rings is 2. The zero-order valence-corrected chi connectivity index (χ0v) is 14.5. The number of hydrogen-bond donors (Lipinski definition) is 0. The highest BCUT2D eigenvalue weighted by Gasteiger charge is 2.31. The lowest BCUT2D eigenvalue weighted by Gasteiger charge is -2.37. The SMILES string of the molecule is CN(C)C1Cc2ccccc2N(C(=O)c2ccccc2OCC#N)C1. The Morgan fingerprint density at radius 3 is 2.72 bits per heavy atom. The third-order valence-electron chi connectivity index (χ3n) is 4.52. The van der Waals surface area contributed by atoms with E-state index in [4.69, 9.17) is 10.00 Å². The fourth-order valence-corrected chi connectivity index (χ4v) is 3.14. The second-order valence-electron chi connectivity index (χ2n) is 6.31. The Hall–Kier alpha value is -2.84. The van der Waals surface area contributed by atoms with E-state index in [-0.39, 0.29) is 18.6 Å². The van der Waals surface area contributed by atoms with E-state index in [0.29, 0.717) is 17.9 Å². The fourth-order valence-electron chi connectivity index (χ4n) is 3.14. The van der Waals surface area contributed by atoms with Crippen LogP contribution in [-0.2, 0) is 6.42 Å². The number of nitriles is 1. The minimum Gasteiger partial charge on any atom is -0.478 e. The Bertz CT molecular complexity index is 811. The molecule has 1 aliphatic rings. The number of rotatable bonds is 4. The van der Waals surface area contributed by atoms with Crippen LogP contribution in [0.2, 0.25) is 0 Å². The Balaban J connectivity index is 1.98. The van der Waals surface area contributed by atoms with Gasteiger partial charge in [-0.25, -0.2) is 0 Å². The fraction of sp³-hybridized carbons (Fsp3) is 0.300. The zero-order chi connectivity index (χ0) is 17.8. The highest BCUT2D eigenvalue weighted by molar-refractivity contribution is 6.08. The lowest BCUT2D eigenvalue weighted by molar-refractivity contribution is 0.0972. The van der Waals surface area contributed by atoms with Crippen LogP contribution in [-0.4, -0.2) is 44.1 Å². The smallest absolute Gasteiger partial charge is 0.262 e. The van der Waals surface area contributed by atoms with Gasteiger partial charge in [-0.3, -0.25) is 4.79 Å². The number of carbonyl (C=O) groups is 1. The lowest BCUT2D eigenvalue weighted by Crippen LogP contribution is -2.48. The van der Waals surface area contributed by atoms with Gasteiger partial charge in [0.2, 0.25) is 0 Å². The van der Waals surface area contributed by atoms with Crippen LogP contribution in [0.25, 0.3) is 0 Å². The molecule has 1 atom stereocenters. The average molecular weight is 335 g/mol. The summed E-state index contributed by atoms with van der Waals surface area (Å²) in [4.78, 5) is 17.2. The molecule has 0 N–H and O–H groups in total. The molecule has 3 rings (SSSR count). The molecule has 0 spiro atoms. The maximum absolute atomic E-state index is 13.3. The lowest BCUT2D eigenvalue weighted by atomic mass is 9.96. The average Bonchev–Trinajstić information content (AvgIpc) is 2.65. The van der Waals surface area contributed by atoms with Gasteiger partial charge in [0.15, 0.2) is 6.61 Å². The molecule has 25 heavy (non-hydrogen) atoms. The van der Waals surface area contributed by atoms with Gasteiger partial charge in [-0.15, -0.1) is 0 Å². The summed E-state index contributed by atoms with van der Waals surface area (Å²) in [5.41, 5.74) is 2.59. The van der Waals surface area contributed by atoms with E-state index in [1.807, 2.05) is 49.3 Å². The first kappa shape index (κ1) is 17.0. The first-order valence-corrected chi connectivity index (χ1v) is 8.26. The van der Waals surface area contributed by atoms with Crippen molar-refractivity contribution in [1.82, 2.24) is 4.90 Å². The van der Waals surface area contributed by atoms with E-state index < -0.39 is 0 Å². The van der Waals surface area contributed by atoms with Crippen molar-refractivity contribution in [3.05, 3.63) is 59.7 Å². The Labute approximate surface area is 148 Å². The van der Waals surface area contributed by atoms with Gasteiger partial charge >= 0.3 is 0 Å². The standard InChI is InChI=1S/C20H21N3O2/c1-22(2)16-13-15-7-3-5-9-18(15)23(14-16)20(24)17-8-4-6-10-19(17)25-12-11-21/h3-10,16H,12-14H2,1-2H3. The maximum Gasteiger partial charge on any atom is 0.262 e. The molecule has 0 saturated heterocycles. The maximum atomic E-state index is 13.3. The summed E-state index contributed by atoms with van der Waals surface area (Å²) >= 11 is 0. The van der Waals surface area contributed by atoms with Crippen LogP contribution in [0.4, 0.5) is 5.69 Å². The largest absolute Gasteiger partial charge is 0.478 e. The normalized spacial score (nSPS) is 16.2. The van der Waals surface area contributed by atoms with Crippen LogP contribution >= 0.6 is 0 Å². The summed E-state index contributed by atoms with van der Waals surface area (Å²) in [6.07, 6.45) is 0.916. The molecule has 0 aromatic heterocycles. The third kappa shape index (κ3) is 3.49. The molecule has 2 aromatic rings. The number of para-hydroxylation sites is 2. The number of fused-ring (bicyclic) bond motifs is 1. The molecule has 0 fully saturated rings. The van der Waals surface area contributed by atoms with Crippen LogP contribution in [0.15, 0.2) is 48.5 Å². The second-order valence-corrected chi connectivity index (χ2v) is 6.31. The molecule has 0 saturated carbocycles. The van der Waals surface area contributed by atoms with Crippen molar-refractivity contribution in [2.75, 3.05) is 32.1 Å². The predicted octanol–water partition coefficient (Wildman–Crippen LogP) is 2.72. The van der Waals surface area contributed by atoms with Crippen molar-refractivity contribution in [2.24, 2.45) is 0 Å². The van der Waals surface area contributed by atoms with Gasteiger partial charge in [0.1, 0.15) is 11.8 Å². The quantitative estimate of drug-likeness (QED) is 0.862. The van der Waals surface area contributed by atoms with Gasteiger partial charge < -0.3 is 14.5 Å². The Morgan fingerprint density at radius 2 is 1.96 bits per heavy atom. The molecular formula is C20H21N3O2. The minimum absolute atomic E-state index is 0.0821. The summed E-state index contributed by atoms with van der Waals surface area (Å²) in [5.74, 6) is 0.339. The monoisotopic (exact) mass is 335 g/mol. The number of hydrogen-bond acceptors (Lipinski definition) is 4. The van der Waals surface area contributed by atoms with E-state index in [2.05, 4.69) is 11.0 Å². The Morgan fingerprint density at radius 1 is 1.24 bits per heavy atom. The molecule has 2 aromatic carbocycles. The van der Waals surface area contributed by atoms with E-state index in [1.54, 1.807) is 18.2 Å². The first-order valence-electron chi connectivity index (χ1n) is 8.26. The molecule has 5 heteroatoms. The van der Waals surface area contributed by atoms with Crippen molar-refractivity contribution < 1.29 is 9.53 Å². The van der Waals surface area contributed by atoms with E-state index in [1.165, 1.54) is 0 Å². The number of nitrogens with zero attached hydrogens (tertiary/aromatic N) is 3. The van der Waals surface area contributed by atoms with Crippen LogP contribution < -0.4 is 9.64 Å². The summed E-state index contributed by atoms with van der Waals surface area (Å²) in [5, 5.41) is 8.76. The molecule has 1 aliphatic heterocycles. The minimum atomic E-state index is -0.104. The van der Waals surface area contributed by atoms with Crippen molar-refractivity contribution in [3.63, 3.8) is 0 Å². The number of anilines is 1. The molecular weight excluding hydrogens is 314 g/mol. The Kier molecular flexibility index (Phi) is 5.01. The number of carbonyl (C=O) groups excluding carboxylic acids is 1. The topological polar surface area (TPSA) is 56.6 Å². The summed E-state index contributed by atoms with van der Waals surface area (Å²) in [6.45, 7) is 0.538. The number of ether oxygens (including phenoxy) is 1. The van der Waals surface area contributed by atoms with Gasteiger partial charge in [-0.1, -0.05) is 30.3 Å². The number of amides is 1. The van der Waals surface area contributed by atoms with Crippen LogP contribution in [0.5, 0.6) is 5.75 Å². The molecule has 5 nitrogen and oxygen atoms in total. The van der Waals surface area contributed by atoms with Gasteiger partial charge in [0.05, 0.1) is 5.56 Å². The van der Waals surface area contributed by atoms with Crippen molar-refractivity contribution >= 4 is 11.6 Å². The van der Waals surface area contributed by atoms with Crippen LogP contribution in [0.3, 0.4) is 0 Å². The highest BCUT2D eigenvalue weighted by atomic mass is 16.5. The van der Waals surface area contributed by atoms with Gasteiger partial charge in [-0.05, 0) is 44.3 Å². The molecule has 1 heterocycles. The molecule has 128 valence electrons. The van der Waals surface area contributed by atoms with Crippen molar-refractivity contribution in [3.8, 4) is 11.8 Å². The van der Waals surface area contributed by atoms with Gasteiger partial charge in [0.25, 0.3) is 5.91 Å². The second kappa shape index (κ2) is 7.37. The van der Waals surface area contributed by atoms with Gasteiger partial charge in [-0.2, -0.15) is 5.26 Å². The van der Waals surface area contributed by atoms with Crippen molar-refractivity contribution in [2.45, 2.75) is 12.5 Å². The third-order valence-corrected chi connectivity index (χ3v) is 4.52. The number of likely N-dealkylation sites (N-methyl/N-ethyl adjacent to an activating group) is 1. The van der Waals surface area contributed by atoms with Crippen molar-refractivity contribution in [1.29, 1.82) is 5.26 Å². The zero-order valence-electron chi connectivity index (χ0n) is 14.5. The van der Waals surface area contributed by atoms with Crippen LogP contribution in [0, 0.1) is 11.3 Å². The van der Waals surface area contributed by atoms with E-state index in [0.717, 1.165) is 17.7 Å². The van der Waals surface area contributed by atoms with Crippen LogP contribution in [0.1, 0.15) is 15.9 Å². The first-order chi connectivity index (χ1) is 12.1. The highest BCUT2D eigenvalue weighted by Crippen LogP contribution is 2.31. The molecule has 0 radical (unpaired) electrons.